The molecule has 0 bridgehead atoms. The third-order valence-electron chi connectivity index (χ3n) is 2.79. The van der Waals surface area contributed by atoms with Gasteiger partial charge in [-0.1, -0.05) is 0 Å². The Morgan fingerprint density at radius 1 is 1.62 bits per heavy atom. The van der Waals surface area contributed by atoms with Gasteiger partial charge in [0, 0.05) is 26.2 Å². The van der Waals surface area contributed by atoms with Crippen LogP contribution >= 0.6 is 11.8 Å². The zero-order valence-electron chi connectivity index (χ0n) is 10.2. The lowest BCUT2D eigenvalue weighted by Crippen LogP contribution is -2.43. The molecule has 1 heterocycles. The van der Waals surface area contributed by atoms with E-state index in [4.69, 9.17) is 4.74 Å². The van der Waals surface area contributed by atoms with Gasteiger partial charge in [-0.05, 0) is 25.6 Å². The largest absolute Gasteiger partial charge is 0.383 e. The fourth-order valence-electron chi connectivity index (χ4n) is 1.91. The molecular weight excluding hydrogens is 224 g/mol. The standard InChI is InChI=1S/C11H22N2O2S/c1-15-7-6-13(11(14)9-16-2)8-10-4-3-5-12-10/h10,12H,3-9H2,1-2H3. The lowest BCUT2D eigenvalue weighted by atomic mass is 10.2. The minimum Gasteiger partial charge on any atom is -0.383 e. The Hall–Kier alpha value is -0.260. The fraction of sp³-hybridized carbons (Fsp3) is 0.909. The van der Waals surface area contributed by atoms with Crippen LogP contribution in [0.1, 0.15) is 12.8 Å². The lowest BCUT2D eigenvalue weighted by Gasteiger charge is -2.25. The maximum absolute atomic E-state index is 11.9. The van der Waals surface area contributed by atoms with Gasteiger partial charge >= 0.3 is 0 Å². The second kappa shape index (κ2) is 7.92. The van der Waals surface area contributed by atoms with Crippen LogP contribution in [0.2, 0.25) is 0 Å². The number of rotatable bonds is 7. The van der Waals surface area contributed by atoms with E-state index < -0.39 is 0 Å². The molecule has 4 nitrogen and oxygen atoms in total. The van der Waals surface area contributed by atoms with E-state index in [1.165, 1.54) is 12.8 Å². The number of ether oxygens (including phenoxy) is 1. The van der Waals surface area contributed by atoms with E-state index in [-0.39, 0.29) is 5.91 Å². The maximum Gasteiger partial charge on any atom is 0.232 e. The molecule has 0 aromatic heterocycles. The molecule has 1 aliphatic rings. The van der Waals surface area contributed by atoms with Crippen LogP contribution in [0, 0.1) is 0 Å². The predicted molar refractivity (Wildman–Crippen MR) is 67.9 cm³/mol. The van der Waals surface area contributed by atoms with Crippen LogP contribution in [0.15, 0.2) is 0 Å². The smallest absolute Gasteiger partial charge is 0.232 e. The summed E-state index contributed by atoms with van der Waals surface area (Å²) in [6.07, 6.45) is 4.36. The van der Waals surface area contributed by atoms with Gasteiger partial charge in [0.15, 0.2) is 0 Å². The van der Waals surface area contributed by atoms with Gasteiger partial charge in [-0.3, -0.25) is 4.79 Å². The first-order chi connectivity index (χ1) is 7.77. The minimum atomic E-state index is 0.221. The summed E-state index contributed by atoms with van der Waals surface area (Å²) < 4.78 is 5.04. The van der Waals surface area contributed by atoms with Crippen LogP contribution in [-0.4, -0.2) is 62.2 Å². The Labute approximate surface area is 102 Å². The van der Waals surface area contributed by atoms with Crippen LogP contribution in [0.4, 0.5) is 0 Å². The first kappa shape index (κ1) is 13.8. The molecule has 1 aliphatic heterocycles. The summed E-state index contributed by atoms with van der Waals surface area (Å²) in [5.74, 6) is 0.787. The number of hydrogen-bond acceptors (Lipinski definition) is 4. The second-order valence-electron chi connectivity index (χ2n) is 4.06. The number of carbonyl (C=O) groups excluding carboxylic acids is 1. The first-order valence-corrected chi connectivity index (χ1v) is 7.16. The van der Waals surface area contributed by atoms with Crippen LogP contribution < -0.4 is 5.32 Å². The third kappa shape index (κ3) is 4.72. The molecular formula is C11H22N2O2S. The van der Waals surface area contributed by atoms with Crippen molar-refractivity contribution < 1.29 is 9.53 Å². The van der Waals surface area contributed by atoms with Crippen LogP contribution in [0.5, 0.6) is 0 Å². The summed E-state index contributed by atoms with van der Waals surface area (Å²) in [6.45, 7) is 3.23. The molecule has 1 atom stereocenters. The van der Waals surface area contributed by atoms with Crippen molar-refractivity contribution in [3.8, 4) is 0 Å². The molecule has 1 fully saturated rings. The van der Waals surface area contributed by atoms with Gasteiger partial charge < -0.3 is 15.0 Å². The molecule has 0 aromatic carbocycles. The molecule has 1 N–H and O–H groups in total. The van der Waals surface area contributed by atoms with E-state index in [0.29, 0.717) is 24.9 Å². The highest BCUT2D eigenvalue weighted by Gasteiger charge is 2.20. The third-order valence-corrected chi connectivity index (χ3v) is 3.32. The molecule has 0 spiro atoms. The van der Waals surface area contributed by atoms with Crippen molar-refractivity contribution in [2.45, 2.75) is 18.9 Å². The quantitative estimate of drug-likeness (QED) is 0.713. The highest BCUT2D eigenvalue weighted by molar-refractivity contribution is 7.99. The molecule has 1 saturated heterocycles. The molecule has 94 valence electrons. The summed E-state index contributed by atoms with van der Waals surface area (Å²) in [6, 6.07) is 0.475. The van der Waals surface area contributed by atoms with Gasteiger partial charge in [0.05, 0.1) is 12.4 Å². The Balaban J connectivity index is 2.38. The second-order valence-corrected chi connectivity index (χ2v) is 4.92. The average molecular weight is 246 g/mol. The molecule has 0 saturated carbocycles. The topological polar surface area (TPSA) is 41.6 Å². The van der Waals surface area contributed by atoms with Crippen LogP contribution in [0.3, 0.4) is 0 Å². The van der Waals surface area contributed by atoms with E-state index in [2.05, 4.69) is 5.32 Å². The van der Waals surface area contributed by atoms with Gasteiger partial charge in [-0.25, -0.2) is 0 Å². The Kier molecular flexibility index (Phi) is 6.84. The summed E-state index contributed by atoms with van der Waals surface area (Å²) in [5.41, 5.74) is 0. The average Bonchev–Trinajstić information content (AvgIpc) is 2.77. The molecule has 0 radical (unpaired) electrons. The zero-order chi connectivity index (χ0) is 11.8. The highest BCUT2D eigenvalue weighted by Crippen LogP contribution is 2.08. The van der Waals surface area contributed by atoms with E-state index >= 15 is 0 Å². The normalized spacial score (nSPS) is 20.0. The molecule has 0 aliphatic carbocycles. The highest BCUT2D eigenvalue weighted by atomic mass is 32.2. The van der Waals surface area contributed by atoms with Gasteiger partial charge in [-0.2, -0.15) is 11.8 Å². The number of carbonyl (C=O) groups is 1. The summed E-state index contributed by atoms with van der Waals surface area (Å²) in [7, 11) is 1.67. The monoisotopic (exact) mass is 246 g/mol. The number of nitrogens with zero attached hydrogens (tertiary/aromatic N) is 1. The van der Waals surface area contributed by atoms with Gasteiger partial charge in [0.1, 0.15) is 0 Å². The van der Waals surface area contributed by atoms with Crippen molar-refractivity contribution in [1.82, 2.24) is 10.2 Å². The summed E-state index contributed by atoms with van der Waals surface area (Å²) >= 11 is 1.58. The molecule has 1 amide bonds. The van der Waals surface area contributed by atoms with Crippen LogP contribution in [-0.2, 0) is 9.53 Å². The van der Waals surface area contributed by atoms with E-state index in [9.17, 15) is 4.79 Å². The summed E-state index contributed by atoms with van der Waals surface area (Å²) in [5, 5.41) is 3.42. The van der Waals surface area contributed by atoms with Crippen molar-refractivity contribution in [2.24, 2.45) is 0 Å². The van der Waals surface area contributed by atoms with Crippen molar-refractivity contribution in [2.75, 3.05) is 45.4 Å². The minimum absolute atomic E-state index is 0.221. The predicted octanol–water partition coefficient (Wildman–Crippen LogP) is 0.576. The van der Waals surface area contributed by atoms with Crippen molar-refractivity contribution >= 4 is 17.7 Å². The van der Waals surface area contributed by atoms with Crippen LogP contribution in [0.25, 0.3) is 0 Å². The van der Waals surface area contributed by atoms with E-state index in [1.807, 2.05) is 11.2 Å². The lowest BCUT2D eigenvalue weighted by molar-refractivity contribution is -0.129. The molecule has 1 rings (SSSR count). The van der Waals surface area contributed by atoms with Crippen molar-refractivity contribution in [1.29, 1.82) is 0 Å². The first-order valence-electron chi connectivity index (χ1n) is 5.77. The molecule has 1 unspecified atom stereocenters. The molecule has 5 heteroatoms. The Morgan fingerprint density at radius 3 is 3.00 bits per heavy atom. The van der Waals surface area contributed by atoms with Crippen molar-refractivity contribution in [3.63, 3.8) is 0 Å². The zero-order valence-corrected chi connectivity index (χ0v) is 11.0. The summed E-state index contributed by atoms with van der Waals surface area (Å²) in [4.78, 5) is 13.8. The fourth-order valence-corrected chi connectivity index (χ4v) is 2.34. The molecule has 0 aromatic rings. The Morgan fingerprint density at radius 2 is 2.44 bits per heavy atom. The number of methoxy groups -OCH3 is 1. The van der Waals surface area contributed by atoms with E-state index in [0.717, 1.165) is 13.1 Å². The number of hydrogen-bond donors (Lipinski definition) is 1. The van der Waals surface area contributed by atoms with E-state index in [1.54, 1.807) is 18.9 Å². The SMILES string of the molecule is COCCN(CC1CCCN1)C(=O)CSC. The van der Waals surface area contributed by atoms with Gasteiger partial charge in [0.25, 0.3) is 0 Å². The number of thioether (sulfide) groups is 1. The van der Waals surface area contributed by atoms with Gasteiger partial charge in [0.2, 0.25) is 5.91 Å². The number of nitrogens with one attached hydrogen (secondary N) is 1. The maximum atomic E-state index is 11.9. The number of amides is 1. The van der Waals surface area contributed by atoms with Crippen molar-refractivity contribution in [3.05, 3.63) is 0 Å². The van der Waals surface area contributed by atoms with Gasteiger partial charge in [-0.15, -0.1) is 0 Å². The Bertz CT molecular complexity index is 208. The molecule has 16 heavy (non-hydrogen) atoms.